The maximum Gasteiger partial charge on any atom is 0.0704 e. The summed E-state index contributed by atoms with van der Waals surface area (Å²) >= 11 is 0. The quantitative estimate of drug-likeness (QED) is 0.710. The zero-order valence-electron chi connectivity index (χ0n) is 11.3. The van der Waals surface area contributed by atoms with Gasteiger partial charge in [0.25, 0.3) is 0 Å². The summed E-state index contributed by atoms with van der Waals surface area (Å²) in [5.41, 5.74) is 5.70. The van der Waals surface area contributed by atoms with Crippen molar-refractivity contribution in [1.82, 2.24) is 4.98 Å². The molecule has 3 rings (SSSR count). The summed E-state index contributed by atoms with van der Waals surface area (Å²) in [6.45, 7) is 7.02. The van der Waals surface area contributed by atoms with E-state index < -0.39 is 0 Å². The van der Waals surface area contributed by atoms with Crippen LogP contribution in [0.4, 0.5) is 0 Å². The highest BCUT2D eigenvalue weighted by atomic mass is 14.7. The minimum absolute atomic E-state index is 0.291. The minimum Gasteiger partial charge on any atom is -0.256 e. The fourth-order valence-electron chi connectivity index (χ4n) is 3.41. The second-order valence-electron chi connectivity index (χ2n) is 5.97. The lowest BCUT2D eigenvalue weighted by Gasteiger charge is -2.19. The predicted octanol–water partition coefficient (Wildman–Crippen LogP) is 4.53. The average Bonchev–Trinajstić information content (AvgIpc) is 2.61. The van der Waals surface area contributed by atoms with E-state index in [-0.39, 0.29) is 0 Å². The number of nitrogens with zero attached hydrogens (tertiary/aromatic N) is 1. The van der Waals surface area contributed by atoms with Crippen molar-refractivity contribution in [3.8, 4) is 11.3 Å². The fraction of sp³-hybridized carbons (Fsp3) is 0.353. The van der Waals surface area contributed by atoms with Crippen molar-refractivity contribution in [2.75, 3.05) is 0 Å². The molecular weight excluding hydrogens is 218 g/mol. The molecule has 0 N–H and O–H groups in total. The van der Waals surface area contributed by atoms with Gasteiger partial charge in [-0.1, -0.05) is 45.0 Å². The maximum absolute atomic E-state index is 4.51. The highest BCUT2D eigenvalue weighted by molar-refractivity contribution is 5.68. The molecule has 1 heterocycles. The molecule has 0 saturated carbocycles. The van der Waals surface area contributed by atoms with Crippen LogP contribution in [0, 0.1) is 0 Å². The number of hydrogen-bond donors (Lipinski definition) is 0. The van der Waals surface area contributed by atoms with Gasteiger partial charge in [0.1, 0.15) is 0 Å². The normalized spacial score (nSPS) is 20.7. The van der Waals surface area contributed by atoms with Gasteiger partial charge in [-0.3, -0.25) is 4.98 Å². The van der Waals surface area contributed by atoms with E-state index in [0.29, 0.717) is 11.3 Å². The zero-order valence-corrected chi connectivity index (χ0v) is 11.3. The number of benzene rings is 1. The minimum atomic E-state index is 0.291. The number of pyridine rings is 1. The van der Waals surface area contributed by atoms with Gasteiger partial charge in [-0.15, -0.1) is 0 Å². The first-order valence-electron chi connectivity index (χ1n) is 6.64. The average molecular weight is 237 g/mol. The standard InChI is InChI=1S/C17H19N/c1-12-11-17(2,3)14-8-6-7-13(16(12)14)15-9-4-5-10-18-15/h4-10,12H,11H2,1-3H3. The Morgan fingerprint density at radius 2 is 1.94 bits per heavy atom. The molecule has 0 radical (unpaired) electrons. The smallest absolute Gasteiger partial charge is 0.0704 e. The third-order valence-corrected chi connectivity index (χ3v) is 4.09. The van der Waals surface area contributed by atoms with Crippen molar-refractivity contribution in [2.24, 2.45) is 0 Å². The van der Waals surface area contributed by atoms with Gasteiger partial charge in [0.2, 0.25) is 0 Å². The number of hydrogen-bond acceptors (Lipinski definition) is 1. The van der Waals surface area contributed by atoms with Gasteiger partial charge in [-0.25, -0.2) is 0 Å². The molecule has 0 spiro atoms. The Hall–Kier alpha value is -1.63. The first kappa shape index (κ1) is 11.5. The molecule has 0 aliphatic heterocycles. The summed E-state index contributed by atoms with van der Waals surface area (Å²) in [4.78, 5) is 4.51. The summed E-state index contributed by atoms with van der Waals surface area (Å²) in [6.07, 6.45) is 3.10. The van der Waals surface area contributed by atoms with Crippen molar-refractivity contribution in [3.63, 3.8) is 0 Å². The van der Waals surface area contributed by atoms with Crippen LogP contribution in [0.1, 0.15) is 44.2 Å². The molecular formula is C17H19N. The van der Waals surface area contributed by atoms with Gasteiger partial charge in [-0.05, 0) is 41.0 Å². The number of aromatic nitrogens is 1. The third-order valence-electron chi connectivity index (χ3n) is 4.09. The summed E-state index contributed by atoms with van der Waals surface area (Å²) < 4.78 is 0. The van der Waals surface area contributed by atoms with Gasteiger partial charge in [-0.2, -0.15) is 0 Å². The van der Waals surface area contributed by atoms with Crippen LogP contribution in [0.2, 0.25) is 0 Å². The second kappa shape index (κ2) is 3.94. The van der Waals surface area contributed by atoms with Crippen LogP contribution in [0.5, 0.6) is 0 Å². The Kier molecular flexibility index (Phi) is 2.51. The van der Waals surface area contributed by atoms with Gasteiger partial charge in [0.15, 0.2) is 0 Å². The molecule has 1 heteroatoms. The number of rotatable bonds is 1. The monoisotopic (exact) mass is 237 g/mol. The lowest BCUT2D eigenvalue weighted by Crippen LogP contribution is -2.11. The molecule has 1 aromatic carbocycles. The molecule has 18 heavy (non-hydrogen) atoms. The van der Waals surface area contributed by atoms with Crippen LogP contribution < -0.4 is 0 Å². The van der Waals surface area contributed by atoms with Crippen molar-refractivity contribution < 1.29 is 0 Å². The molecule has 2 aromatic rings. The highest BCUT2D eigenvalue weighted by Crippen LogP contribution is 2.48. The molecule has 92 valence electrons. The van der Waals surface area contributed by atoms with Crippen molar-refractivity contribution in [1.29, 1.82) is 0 Å². The lowest BCUT2D eigenvalue weighted by molar-refractivity contribution is 0.489. The van der Waals surface area contributed by atoms with Crippen molar-refractivity contribution in [3.05, 3.63) is 53.7 Å². The van der Waals surface area contributed by atoms with E-state index in [2.05, 4.69) is 56.1 Å². The van der Waals surface area contributed by atoms with Gasteiger partial charge in [0.05, 0.1) is 5.69 Å². The van der Waals surface area contributed by atoms with E-state index >= 15 is 0 Å². The number of fused-ring (bicyclic) bond motifs is 1. The first-order valence-corrected chi connectivity index (χ1v) is 6.64. The fourth-order valence-corrected chi connectivity index (χ4v) is 3.41. The summed E-state index contributed by atoms with van der Waals surface area (Å²) in [6, 6.07) is 12.8. The first-order chi connectivity index (χ1) is 8.59. The molecule has 1 atom stereocenters. The Bertz CT molecular complexity index is 569. The molecule has 1 nitrogen and oxygen atoms in total. The lowest BCUT2D eigenvalue weighted by atomic mass is 9.85. The predicted molar refractivity (Wildman–Crippen MR) is 75.7 cm³/mol. The molecule has 1 unspecified atom stereocenters. The molecule has 0 bridgehead atoms. The van der Waals surface area contributed by atoms with Gasteiger partial charge >= 0.3 is 0 Å². The summed E-state index contributed by atoms with van der Waals surface area (Å²) in [5, 5.41) is 0. The van der Waals surface area contributed by atoms with Crippen molar-refractivity contribution >= 4 is 0 Å². The Morgan fingerprint density at radius 1 is 1.11 bits per heavy atom. The Morgan fingerprint density at radius 3 is 2.67 bits per heavy atom. The Labute approximate surface area is 109 Å². The van der Waals surface area contributed by atoms with Gasteiger partial charge in [0, 0.05) is 11.8 Å². The topological polar surface area (TPSA) is 12.9 Å². The van der Waals surface area contributed by atoms with E-state index in [4.69, 9.17) is 0 Å². The Balaban J connectivity index is 2.23. The van der Waals surface area contributed by atoms with Gasteiger partial charge < -0.3 is 0 Å². The third kappa shape index (κ3) is 1.66. The van der Waals surface area contributed by atoms with Crippen molar-refractivity contribution in [2.45, 2.75) is 38.5 Å². The maximum atomic E-state index is 4.51. The van der Waals surface area contributed by atoms with Crippen LogP contribution >= 0.6 is 0 Å². The summed E-state index contributed by atoms with van der Waals surface area (Å²) in [5.74, 6) is 0.619. The van der Waals surface area contributed by atoms with Crippen LogP contribution in [0.25, 0.3) is 11.3 Å². The van der Waals surface area contributed by atoms with E-state index in [0.717, 1.165) is 5.69 Å². The molecule has 1 aliphatic rings. The molecule has 0 fully saturated rings. The van der Waals surface area contributed by atoms with Crippen LogP contribution in [0.15, 0.2) is 42.6 Å². The summed E-state index contributed by atoms with van der Waals surface area (Å²) in [7, 11) is 0. The van der Waals surface area contributed by atoms with E-state index in [9.17, 15) is 0 Å². The molecule has 0 amide bonds. The van der Waals surface area contributed by atoms with E-state index in [1.54, 1.807) is 0 Å². The zero-order chi connectivity index (χ0) is 12.8. The highest BCUT2D eigenvalue weighted by Gasteiger charge is 2.36. The van der Waals surface area contributed by atoms with E-state index in [1.807, 2.05) is 12.3 Å². The molecule has 0 saturated heterocycles. The molecule has 1 aliphatic carbocycles. The largest absolute Gasteiger partial charge is 0.256 e. The second-order valence-corrected chi connectivity index (χ2v) is 5.97. The van der Waals surface area contributed by atoms with E-state index in [1.165, 1.54) is 23.1 Å². The SMILES string of the molecule is CC1CC(C)(C)c2cccc(-c3ccccn3)c21. The van der Waals surface area contributed by atoms with Crippen LogP contribution in [-0.2, 0) is 5.41 Å². The van der Waals surface area contributed by atoms with Crippen LogP contribution in [-0.4, -0.2) is 4.98 Å². The molecule has 1 aromatic heterocycles. The van der Waals surface area contributed by atoms with Crippen LogP contribution in [0.3, 0.4) is 0 Å².